The smallest absolute Gasteiger partial charge is 0.344 e. The van der Waals surface area contributed by atoms with Gasteiger partial charge in [0.15, 0.2) is 6.61 Å². The number of esters is 1. The highest BCUT2D eigenvalue weighted by atomic mass is 16.5. The topological polar surface area (TPSA) is 102 Å². The van der Waals surface area contributed by atoms with E-state index < -0.39 is 18.5 Å². The lowest BCUT2D eigenvalue weighted by Crippen LogP contribution is -2.44. The Morgan fingerprint density at radius 1 is 1.36 bits per heavy atom. The van der Waals surface area contributed by atoms with E-state index in [0.29, 0.717) is 29.2 Å². The predicted molar refractivity (Wildman–Crippen MR) is 88.3 cm³/mol. The molecule has 0 saturated heterocycles. The molecule has 1 aliphatic rings. The number of nitrogens with one attached hydrogen (secondary N) is 1. The van der Waals surface area contributed by atoms with E-state index in [2.05, 4.69) is 10.5 Å². The maximum atomic E-state index is 12.4. The number of amides is 2. The summed E-state index contributed by atoms with van der Waals surface area (Å²) in [5.41, 5.74) is 1.84. The van der Waals surface area contributed by atoms with Gasteiger partial charge in [0, 0.05) is 0 Å². The zero-order valence-corrected chi connectivity index (χ0v) is 13.9. The molecule has 0 aliphatic carbocycles. The van der Waals surface area contributed by atoms with Crippen molar-refractivity contribution in [1.82, 2.24) is 5.16 Å². The third-order valence-corrected chi connectivity index (χ3v) is 3.87. The van der Waals surface area contributed by atoms with Crippen molar-refractivity contribution in [2.45, 2.75) is 20.3 Å². The maximum absolute atomic E-state index is 12.4. The Morgan fingerprint density at radius 2 is 2.12 bits per heavy atom. The van der Waals surface area contributed by atoms with Crippen LogP contribution in [-0.4, -0.2) is 36.1 Å². The van der Waals surface area contributed by atoms with Gasteiger partial charge in [0.25, 0.3) is 5.91 Å². The number of fused-ring (bicyclic) bond motifs is 1. The standard InChI is InChI=1S/C17H17N3O5/c1-3-11-16(10(2)25-19-11)17(23)24-9-15(22)20-8-14(21)18-12-6-4-5-7-13(12)20/h4-7H,3,8-9H2,1-2H3,(H,18,21). The minimum Gasteiger partial charge on any atom is -0.452 e. The number of benzene rings is 1. The summed E-state index contributed by atoms with van der Waals surface area (Å²) >= 11 is 0. The molecule has 2 heterocycles. The van der Waals surface area contributed by atoms with Crippen molar-refractivity contribution in [2.75, 3.05) is 23.4 Å². The first-order valence-electron chi connectivity index (χ1n) is 7.82. The van der Waals surface area contributed by atoms with Crippen LogP contribution in [0.25, 0.3) is 0 Å². The van der Waals surface area contributed by atoms with Crippen LogP contribution in [0, 0.1) is 6.92 Å². The average Bonchev–Trinajstić information content (AvgIpc) is 2.99. The molecule has 0 radical (unpaired) electrons. The summed E-state index contributed by atoms with van der Waals surface area (Å²) in [5, 5.41) is 6.48. The molecule has 1 N–H and O–H groups in total. The SMILES string of the molecule is CCc1noc(C)c1C(=O)OCC(=O)N1CC(=O)Nc2ccccc21. The number of rotatable bonds is 4. The van der Waals surface area contributed by atoms with Gasteiger partial charge in [-0.25, -0.2) is 4.79 Å². The molecule has 130 valence electrons. The monoisotopic (exact) mass is 343 g/mol. The predicted octanol–water partition coefficient (Wildman–Crippen LogP) is 1.69. The lowest BCUT2D eigenvalue weighted by molar-refractivity contribution is -0.124. The number of aromatic nitrogens is 1. The third-order valence-electron chi connectivity index (χ3n) is 3.87. The molecule has 0 fully saturated rings. The van der Waals surface area contributed by atoms with Crippen molar-refractivity contribution >= 4 is 29.2 Å². The molecular formula is C17H17N3O5. The van der Waals surface area contributed by atoms with Crippen molar-refractivity contribution < 1.29 is 23.6 Å². The molecule has 0 bridgehead atoms. The van der Waals surface area contributed by atoms with Gasteiger partial charge in [-0.2, -0.15) is 0 Å². The largest absolute Gasteiger partial charge is 0.452 e. The molecule has 3 rings (SSSR count). The van der Waals surface area contributed by atoms with E-state index in [9.17, 15) is 14.4 Å². The molecule has 8 heteroatoms. The van der Waals surface area contributed by atoms with E-state index in [-0.39, 0.29) is 18.0 Å². The highest BCUT2D eigenvalue weighted by Crippen LogP contribution is 2.28. The number of carbonyl (C=O) groups is 3. The highest BCUT2D eigenvalue weighted by Gasteiger charge is 2.28. The summed E-state index contributed by atoms with van der Waals surface area (Å²) in [6.45, 7) is 2.84. The minimum atomic E-state index is -0.668. The Hall–Kier alpha value is -3.16. The molecule has 0 unspecified atom stereocenters. The van der Waals surface area contributed by atoms with Gasteiger partial charge in [-0.15, -0.1) is 0 Å². The molecule has 1 aliphatic heterocycles. The molecule has 2 amide bonds. The number of para-hydroxylation sites is 2. The number of nitrogens with zero attached hydrogens (tertiary/aromatic N) is 2. The summed E-state index contributed by atoms with van der Waals surface area (Å²) in [5.74, 6) is -1.11. The quantitative estimate of drug-likeness (QED) is 0.848. The fraction of sp³-hybridized carbons (Fsp3) is 0.294. The van der Waals surface area contributed by atoms with Gasteiger partial charge in [-0.1, -0.05) is 24.2 Å². The molecule has 8 nitrogen and oxygen atoms in total. The average molecular weight is 343 g/mol. The van der Waals surface area contributed by atoms with Crippen molar-refractivity contribution in [3.05, 3.63) is 41.3 Å². The lowest BCUT2D eigenvalue weighted by Gasteiger charge is -2.28. The van der Waals surface area contributed by atoms with Crippen molar-refractivity contribution in [3.8, 4) is 0 Å². The molecular weight excluding hydrogens is 326 g/mol. The number of hydrogen-bond donors (Lipinski definition) is 1. The van der Waals surface area contributed by atoms with Crippen LogP contribution in [0.15, 0.2) is 28.8 Å². The van der Waals surface area contributed by atoms with Gasteiger partial charge in [0.05, 0.1) is 17.1 Å². The van der Waals surface area contributed by atoms with E-state index in [1.165, 1.54) is 4.90 Å². The van der Waals surface area contributed by atoms with E-state index >= 15 is 0 Å². The second-order valence-electron chi connectivity index (χ2n) is 5.54. The summed E-state index contributed by atoms with van der Waals surface area (Å²) in [6.07, 6.45) is 0.509. The van der Waals surface area contributed by atoms with Gasteiger partial charge in [-0.3, -0.25) is 14.5 Å². The van der Waals surface area contributed by atoms with Crippen LogP contribution >= 0.6 is 0 Å². The Kier molecular flexibility index (Phi) is 4.51. The molecule has 25 heavy (non-hydrogen) atoms. The summed E-state index contributed by atoms with van der Waals surface area (Å²) in [6, 6.07) is 6.94. The first-order valence-corrected chi connectivity index (χ1v) is 7.82. The number of carbonyl (C=O) groups excluding carboxylic acids is 3. The number of hydrogen-bond acceptors (Lipinski definition) is 6. The molecule has 1 aromatic carbocycles. The fourth-order valence-electron chi connectivity index (χ4n) is 2.65. The molecule has 2 aromatic rings. The van der Waals surface area contributed by atoms with E-state index in [1.807, 2.05) is 6.92 Å². The number of anilines is 2. The third kappa shape index (κ3) is 3.23. The van der Waals surface area contributed by atoms with E-state index in [4.69, 9.17) is 9.26 Å². The Bertz CT molecular complexity index is 843. The summed E-state index contributed by atoms with van der Waals surface area (Å²) < 4.78 is 10.1. The Labute approximate surface area is 143 Å². The number of aryl methyl sites for hydroxylation is 2. The van der Waals surface area contributed by atoms with Crippen LogP contribution < -0.4 is 10.2 Å². The van der Waals surface area contributed by atoms with Crippen molar-refractivity contribution in [1.29, 1.82) is 0 Å². The Morgan fingerprint density at radius 3 is 2.88 bits per heavy atom. The molecule has 1 aromatic heterocycles. The van der Waals surface area contributed by atoms with Crippen molar-refractivity contribution in [2.24, 2.45) is 0 Å². The minimum absolute atomic E-state index is 0.125. The molecule has 0 atom stereocenters. The summed E-state index contributed by atoms with van der Waals surface area (Å²) in [4.78, 5) is 37.7. The molecule has 0 spiro atoms. The van der Waals surface area contributed by atoms with Crippen molar-refractivity contribution in [3.63, 3.8) is 0 Å². The molecule has 0 saturated carbocycles. The van der Waals surface area contributed by atoms with Gasteiger partial charge < -0.3 is 14.6 Å². The normalized spacial score (nSPS) is 13.2. The van der Waals surface area contributed by atoms with Crippen LogP contribution in [0.3, 0.4) is 0 Å². The van der Waals surface area contributed by atoms with Crippen LogP contribution in [0.1, 0.15) is 28.7 Å². The van der Waals surface area contributed by atoms with Crippen LogP contribution in [0.2, 0.25) is 0 Å². The first kappa shape index (κ1) is 16.7. The zero-order chi connectivity index (χ0) is 18.0. The second kappa shape index (κ2) is 6.76. The second-order valence-corrected chi connectivity index (χ2v) is 5.54. The highest BCUT2D eigenvalue weighted by molar-refractivity contribution is 6.10. The fourth-order valence-corrected chi connectivity index (χ4v) is 2.65. The van der Waals surface area contributed by atoms with Crippen LogP contribution in [0.4, 0.5) is 11.4 Å². The van der Waals surface area contributed by atoms with Crippen LogP contribution in [0.5, 0.6) is 0 Å². The first-order chi connectivity index (χ1) is 12.0. The van der Waals surface area contributed by atoms with Gasteiger partial charge in [0.1, 0.15) is 17.9 Å². The van der Waals surface area contributed by atoms with E-state index in [0.717, 1.165) is 0 Å². The Balaban J connectivity index is 1.72. The van der Waals surface area contributed by atoms with Crippen LogP contribution in [-0.2, 0) is 20.7 Å². The zero-order valence-electron chi connectivity index (χ0n) is 13.9. The lowest BCUT2D eigenvalue weighted by atomic mass is 10.1. The summed E-state index contributed by atoms with van der Waals surface area (Å²) in [7, 11) is 0. The maximum Gasteiger partial charge on any atom is 0.344 e. The van der Waals surface area contributed by atoms with Gasteiger partial charge in [-0.05, 0) is 25.5 Å². The van der Waals surface area contributed by atoms with Gasteiger partial charge in [0.2, 0.25) is 5.91 Å². The van der Waals surface area contributed by atoms with Gasteiger partial charge >= 0.3 is 5.97 Å². The number of ether oxygens (including phenoxy) is 1. The van der Waals surface area contributed by atoms with E-state index in [1.54, 1.807) is 31.2 Å².